The quantitative estimate of drug-likeness (QED) is 0.107. The molecule has 0 saturated heterocycles. The number of hydrogen-bond acceptors (Lipinski definition) is 2. The van der Waals surface area contributed by atoms with Gasteiger partial charge >= 0.3 is 0 Å². The Kier molecular flexibility index (Phi) is 12.8. The van der Waals surface area contributed by atoms with Gasteiger partial charge in [-0.15, -0.1) is 0 Å². The zero-order valence-corrected chi connectivity index (χ0v) is 39.7. The van der Waals surface area contributed by atoms with Gasteiger partial charge in [0.05, 0.1) is 6.04 Å². The van der Waals surface area contributed by atoms with Crippen molar-refractivity contribution in [2.75, 3.05) is 4.90 Å². The number of benzene rings is 7. The zero-order chi connectivity index (χ0) is 46.6. The third-order valence-electron chi connectivity index (χ3n) is 13.9. The Balaban J connectivity index is 1.06. The summed E-state index contributed by atoms with van der Waals surface area (Å²) in [4.78, 5) is 2.49. The molecule has 0 spiro atoms. The van der Waals surface area contributed by atoms with Crippen LogP contribution in [0.25, 0.3) is 55.4 Å². The predicted octanol–water partition coefficient (Wildman–Crippen LogP) is 18.2. The molecule has 68 heavy (non-hydrogen) atoms. The van der Waals surface area contributed by atoms with Gasteiger partial charge in [0.15, 0.2) is 0 Å². The van der Waals surface area contributed by atoms with Crippen molar-refractivity contribution >= 4 is 55.6 Å². The van der Waals surface area contributed by atoms with Crippen molar-refractivity contribution in [2.24, 2.45) is 5.92 Å². The molecule has 2 nitrogen and oxygen atoms in total. The average molecular weight is 882 g/mol. The van der Waals surface area contributed by atoms with E-state index in [-0.39, 0.29) is 6.04 Å². The van der Waals surface area contributed by atoms with Crippen LogP contribution in [0.1, 0.15) is 79.8 Å². The van der Waals surface area contributed by atoms with Crippen molar-refractivity contribution in [3.63, 3.8) is 0 Å². The van der Waals surface area contributed by atoms with Gasteiger partial charge < -0.3 is 9.32 Å². The Bertz CT molecular complexity index is 3300. The molecule has 0 amide bonds. The minimum Gasteiger partial charge on any atom is -0.456 e. The van der Waals surface area contributed by atoms with Gasteiger partial charge in [-0.3, -0.25) is 0 Å². The summed E-state index contributed by atoms with van der Waals surface area (Å²) in [6, 6.07) is 61.5. The lowest BCUT2D eigenvalue weighted by Gasteiger charge is -2.33. The van der Waals surface area contributed by atoms with Crippen molar-refractivity contribution in [3.8, 4) is 11.1 Å². The highest BCUT2D eigenvalue weighted by Gasteiger charge is 2.23. The van der Waals surface area contributed by atoms with E-state index in [4.69, 9.17) is 4.42 Å². The topological polar surface area (TPSA) is 16.4 Å². The van der Waals surface area contributed by atoms with Crippen molar-refractivity contribution in [1.29, 1.82) is 0 Å². The second kappa shape index (κ2) is 19.7. The van der Waals surface area contributed by atoms with Gasteiger partial charge in [-0.25, -0.2) is 0 Å². The molecule has 2 aliphatic rings. The Morgan fingerprint density at radius 1 is 0.676 bits per heavy atom. The van der Waals surface area contributed by atoms with Crippen LogP contribution in [0.3, 0.4) is 0 Å². The first-order valence-corrected chi connectivity index (χ1v) is 24.3. The molecule has 2 heteroatoms. The second-order valence-corrected chi connectivity index (χ2v) is 18.7. The number of rotatable bonds is 13. The van der Waals surface area contributed by atoms with E-state index in [0.717, 1.165) is 68.4 Å². The number of hydrogen-bond donors (Lipinski definition) is 0. The SMILES string of the molecule is C=C/C(=C\C(=C/Cc1cccc2c1oc1ccccc12)c1ccc(N(c2ccc(-c3ccccc3)cc2)C2C=CC(c3ccccc3)=CC2)cc1)c1ccc(C(C)C)c(C2=C(C)C=CCC2C)c1. The number of para-hydroxylation sites is 2. The second-order valence-electron chi connectivity index (χ2n) is 18.7. The summed E-state index contributed by atoms with van der Waals surface area (Å²) < 4.78 is 6.53. The largest absolute Gasteiger partial charge is 0.456 e. The van der Waals surface area contributed by atoms with E-state index in [1.54, 1.807) is 0 Å². The van der Waals surface area contributed by atoms with Crippen LogP contribution in [0.5, 0.6) is 0 Å². The lowest BCUT2D eigenvalue weighted by molar-refractivity contribution is 0.664. The van der Waals surface area contributed by atoms with Crippen LogP contribution in [0.2, 0.25) is 0 Å². The van der Waals surface area contributed by atoms with E-state index in [1.165, 1.54) is 50.1 Å². The molecule has 0 aliphatic heterocycles. The van der Waals surface area contributed by atoms with Gasteiger partial charge in [0.1, 0.15) is 11.2 Å². The van der Waals surface area contributed by atoms with Crippen molar-refractivity contribution in [3.05, 3.63) is 264 Å². The minimum atomic E-state index is 0.131. The van der Waals surface area contributed by atoms with Gasteiger partial charge in [0.2, 0.25) is 0 Å². The van der Waals surface area contributed by atoms with Crippen molar-refractivity contribution < 1.29 is 4.42 Å². The highest BCUT2D eigenvalue weighted by molar-refractivity contribution is 6.06. The maximum Gasteiger partial charge on any atom is 0.138 e. The normalized spacial score (nSPS) is 16.5. The smallest absolute Gasteiger partial charge is 0.138 e. The van der Waals surface area contributed by atoms with Crippen LogP contribution in [-0.2, 0) is 6.42 Å². The number of allylic oxidation sites excluding steroid dienone is 11. The molecule has 2 atom stereocenters. The van der Waals surface area contributed by atoms with Gasteiger partial charge in [0, 0.05) is 22.1 Å². The van der Waals surface area contributed by atoms with E-state index < -0.39 is 0 Å². The van der Waals surface area contributed by atoms with E-state index in [9.17, 15) is 0 Å². The van der Waals surface area contributed by atoms with Gasteiger partial charge in [-0.2, -0.15) is 0 Å². The number of furan rings is 1. The van der Waals surface area contributed by atoms with E-state index in [0.29, 0.717) is 18.3 Å². The number of nitrogens with zero attached hydrogens (tertiary/aromatic N) is 1. The Morgan fingerprint density at radius 2 is 1.34 bits per heavy atom. The van der Waals surface area contributed by atoms with Gasteiger partial charge in [0.25, 0.3) is 0 Å². The molecule has 1 aromatic heterocycles. The highest BCUT2D eigenvalue weighted by atomic mass is 16.3. The van der Waals surface area contributed by atoms with Crippen LogP contribution in [0, 0.1) is 5.92 Å². The molecule has 0 fully saturated rings. The van der Waals surface area contributed by atoms with Crippen LogP contribution in [0.15, 0.2) is 235 Å². The third kappa shape index (κ3) is 9.07. The number of anilines is 2. The van der Waals surface area contributed by atoms with Crippen LogP contribution >= 0.6 is 0 Å². The minimum absolute atomic E-state index is 0.131. The first-order valence-electron chi connectivity index (χ1n) is 24.3. The van der Waals surface area contributed by atoms with Crippen molar-refractivity contribution in [1.82, 2.24) is 0 Å². The summed E-state index contributed by atoms with van der Waals surface area (Å²) in [7, 11) is 0. The highest BCUT2D eigenvalue weighted by Crippen LogP contribution is 2.40. The molecule has 334 valence electrons. The van der Waals surface area contributed by atoms with Gasteiger partial charge in [-0.1, -0.05) is 203 Å². The lowest BCUT2D eigenvalue weighted by atomic mass is 9.79. The van der Waals surface area contributed by atoms with Crippen LogP contribution in [-0.4, -0.2) is 6.04 Å². The Labute approximate surface area is 403 Å². The molecule has 1 heterocycles. The Hall–Kier alpha value is -7.68. The molecule has 0 bridgehead atoms. The summed E-state index contributed by atoms with van der Waals surface area (Å²) in [5.41, 5.74) is 20.3. The van der Waals surface area contributed by atoms with Crippen LogP contribution < -0.4 is 4.90 Å². The Morgan fingerprint density at radius 3 is 2.03 bits per heavy atom. The molecule has 8 aromatic rings. The molecule has 7 aromatic carbocycles. The molecular weight excluding hydrogens is 823 g/mol. The van der Waals surface area contributed by atoms with Crippen LogP contribution in [0.4, 0.5) is 11.4 Å². The monoisotopic (exact) mass is 881 g/mol. The number of fused-ring (bicyclic) bond motifs is 3. The lowest BCUT2D eigenvalue weighted by Crippen LogP contribution is -2.30. The predicted molar refractivity (Wildman–Crippen MR) is 292 cm³/mol. The summed E-state index contributed by atoms with van der Waals surface area (Å²) in [6.07, 6.45) is 21.0. The average Bonchev–Trinajstić information content (AvgIpc) is 3.77. The summed E-state index contributed by atoms with van der Waals surface area (Å²) in [6.45, 7) is 13.7. The maximum absolute atomic E-state index is 6.53. The zero-order valence-electron chi connectivity index (χ0n) is 39.7. The third-order valence-corrected chi connectivity index (χ3v) is 13.9. The summed E-state index contributed by atoms with van der Waals surface area (Å²) in [5, 5.41) is 2.29. The molecule has 2 unspecified atom stereocenters. The molecule has 0 N–H and O–H groups in total. The fraction of sp³-hybridized carbons (Fsp3) is 0.152. The molecule has 10 rings (SSSR count). The fourth-order valence-electron chi connectivity index (χ4n) is 10.3. The standard InChI is InChI=1S/C66H59NO/c1-6-48(56-35-42-60(45(2)3)63(44-56)65-46(4)17-15-18-47(65)5)43-55(28-27-54-23-16-25-62-61-24-13-14-26-64(61)68-66(54)62)53-33-40-59(41-34-53)67(57-36-29-51(30-37-57)49-19-9-7-10-20-49)58-38-31-52(32-39-58)50-21-11-8-12-22-50/h6-17,19-26,28-38,40-45,47,58H,1,18,27,39H2,2-5H3/b48-43+,55-28+. The first-order chi connectivity index (χ1) is 33.3. The van der Waals surface area contributed by atoms with E-state index in [2.05, 4.69) is 245 Å². The van der Waals surface area contributed by atoms with E-state index in [1.807, 2.05) is 12.1 Å². The summed E-state index contributed by atoms with van der Waals surface area (Å²) in [5.74, 6) is 0.849. The molecular formula is C66H59NO. The molecule has 0 radical (unpaired) electrons. The van der Waals surface area contributed by atoms with Gasteiger partial charge in [-0.05, 0) is 153 Å². The van der Waals surface area contributed by atoms with Crippen molar-refractivity contribution in [2.45, 2.75) is 58.9 Å². The maximum atomic E-state index is 6.53. The first kappa shape index (κ1) is 44.2. The molecule has 2 aliphatic carbocycles. The fourth-order valence-corrected chi connectivity index (χ4v) is 10.3. The van der Waals surface area contributed by atoms with E-state index >= 15 is 0 Å². The summed E-state index contributed by atoms with van der Waals surface area (Å²) >= 11 is 0. The molecule has 0 saturated carbocycles.